The first-order chi connectivity index (χ1) is 10.1. The van der Waals surface area contributed by atoms with Crippen LogP contribution < -0.4 is 0 Å². The first-order valence-corrected chi connectivity index (χ1v) is 7.18. The molecule has 112 valence electrons. The molecule has 0 bridgehead atoms. The van der Waals surface area contributed by atoms with Gasteiger partial charge in [0.1, 0.15) is 0 Å². The van der Waals surface area contributed by atoms with Crippen molar-refractivity contribution in [2.75, 3.05) is 19.7 Å². The summed E-state index contributed by atoms with van der Waals surface area (Å²) in [5, 5.41) is 9.76. The van der Waals surface area contributed by atoms with Crippen molar-refractivity contribution >= 4 is 11.6 Å². The summed E-state index contributed by atoms with van der Waals surface area (Å²) in [5.74, 6) is 1.39. The number of oxazole rings is 1. The highest BCUT2D eigenvalue weighted by Gasteiger charge is 2.14. The van der Waals surface area contributed by atoms with Gasteiger partial charge in [0.05, 0.1) is 18.8 Å². The van der Waals surface area contributed by atoms with E-state index in [1.807, 2.05) is 36.1 Å². The molecule has 0 fully saturated rings. The lowest BCUT2D eigenvalue weighted by Crippen LogP contribution is -2.26. The van der Waals surface area contributed by atoms with Crippen LogP contribution >= 0.6 is 11.6 Å². The molecular weight excluding hydrogens is 288 g/mol. The molecule has 0 spiro atoms. The van der Waals surface area contributed by atoms with Gasteiger partial charge in [-0.05, 0) is 31.2 Å². The van der Waals surface area contributed by atoms with Crippen molar-refractivity contribution in [3.8, 4) is 11.3 Å². The van der Waals surface area contributed by atoms with Crippen LogP contribution in [0.3, 0.4) is 0 Å². The third-order valence-electron chi connectivity index (χ3n) is 3.11. The van der Waals surface area contributed by atoms with Crippen LogP contribution in [-0.2, 0) is 6.54 Å². The van der Waals surface area contributed by atoms with Gasteiger partial charge in [0.25, 0.3) is 0 Å². The average molecular weight is 307 g/mol. The number of rotatable bonds is 7. The van der Waals surface area contributed by atoms with Crippen LogP contribution in [0.25, 0.3) is 11.3 Å². The number of hydrogen-bond acceptors (Lipinski definition) is 4. The number of halogens is 1. The summed E-state index contributed by atoms with van der Waals surface area (Å²) in [6, 6.07) is 7.48. The molecule has 0 aliphatic carbocycles. The molecule has 0 aliphatic rings. The van der Waals surface area contributed by atoms with Crippen LogP contribution in [0.15, 0.2) is 41.3 Å². The molecule has 2 rings (SSSR count). The predicted molar refractivity (Wildman–Crippen MR) is 84.2 cm³/mol. The Labute approximate surface area is 129 Å². The van der Waals surface area contributed by atoms with Crippen LogP contribution in [0.2, 0.25) is 5.02 Å². The molecular formula is C16H19ClN2O2. The van der Waals surface area contributed by atoms with E-state index >= 15 is 0 Å². The molecule has 4 nitrogen and oxygen atoms in total. The van der Waals surface area contributed by atoms with Crippen LogP contribution in [0, 0.1) is 6.92 Å². The maximum absolute atomic E-state index is 9.07. The van der Waals surface area contributed by atoms with Gasteiger partial charge < -0.3 is 9.52 Å². The number of hydrogen-bond donors (Lipinski definition) is 1. The fourth-order valence-electron chi connectivity index (χ4n) is 2.14. The molecule has 0 amide bonds. The first-order valence-electron chi connectivity index (χ1n) is 6.80. The van der Waals surface area contributed by atoms with Crippen LogP contribution in [0.4, 0.5) is 0 Å². The molecule has 1 aromatic heterocycles. The van der Waals surface area contributed by atoms with E-state index in [-0.39, 0.29) is 6.61 Å². The molecule has 0 atom stereocenters. The Kier molecular flexibility index (Phi) is 5.56. The molecule has 1 heterocycles. The molecule has 0 radical (unpaired) electrons. The van der Waals surface area contributed by atoms with E-state index in [1.165, 1.54) is 0 Å². The van der Waals surface area contributed by atoms with Crippen molar-refractivity contribution in [2.24, 2.45) is 0 Å². The number of nitrogens with zero attached hydrogens (tertiary/aromatic N) is 2. The fourth-order valence-corrected chi connectivity index (χ4v) is 2.27. The summed E-state index contributed by atoms with van der Waals surface area (Å²) < 4.78 is 5.85. The highest BCUT2D eigenvalue weighted by molar-refractivity contribution is 6.30. The Morgan fingerprint density at radius 1 is 1.38 bits per heavy atom. The summed E-state index contributed by atoms with van der Waals surface area (Å²) >= 11 is 5.90. The molecule has 0 saturated carbocycles. The van der Waals surface area contributed by atoms with Gasteiger partial charge in [0.15, 0.2) is 5.76 Å². The van der Waals surface area contributed by atoms with Crippen molar-refractivity contribution in [3.05, 3.63) is 53.5 Å². The number of aryl methyl sites for hydroxylation is 1. The highest BCUT2D eigenvalue weighted by atomic mass is 35.5. The Hall–Kier alpha value is -1.62. The summed E-state index contributed by atoms with van der Waals surface area (Å²) in [7, 11) is 0. The van der Waals surface area contributed by atoms with E-state index < -0.39 is 0 Å². The zero-order valence-electron chi connectivity index (χ0n) is 12.1. The minimum absolute atomic E-state index is 0.0948. The van der Waals surface area contributed by atoms with Crippen molar-refractivity contribution < 1.29 is 9.52 Å². The van der Waals surface area contributed by atoms with E-state index in [2.05, 4.69) is 11.6 Å². The Morgan fingerprint density at radius 2 is 2.10 bits per heavy atom. The highest BCUT2D eigenvalue weighted by Crippen LogP contribution is 2.26. The largest absolute Gasteiger partial charge is 0.439 e. The van der Waals surface area contributed by atoms with Crippen molar-refractivity contribution in [3.63, 3.8) is 0 Å². The molecule has 1 aromatic carbocycles. The summed E-state index contributed by atoms with van der Waals surface area (Å²) in [4.78, 5) is 6.47. The fraction of sp³-hybridized carbons (Fsp3) is 0.312. The van der Waals surface area contributed by atoms with Gasteiger partial charge in [0, 0.05) is 23.7 Å². The molecule has 21 heavy (non-hydrogen) atoms. The van der Waals surface area contributed by atoms with Gasteiger partial charge in [-0.3, -0.25) is 4.90 Å². The monoisotopic (exact) mass is 306 g/mol. The van der Waals surface area contributed by atoms with Crippen molar-refractivity contribution in [1.82, 2.24) is 9.88 Å². The van der Waals surface area contributed by atoms with Gasteiger partial charge in [-0.1, -0.05) is 17.7 Å². The number of aliphatic hydroxyl groups is 1. The zero-order chi connectivity index (χ0) is 15.2. The van der Waals surface area contributed by atoms with Crippen LogP contribution in [-0.4, -0.2) is 34.7 Å². The Bertz CT molecular complexity index is 593. The van der Waals surface area contributed by atoms with Crippen molar-refractivity contribution in [1.29, 1.82) is 0 Å². The number of aromatic nitrogens is 1. The smallest absolute Gasteiger partial charge is 0.209 e. The Morgan fingerprint density at radius 3 is 2.71 bits per heavy atom. The minimum atomic E-state index is 0.0948. The van der Waals surface area contributed by atoms with E-state index in [1.54, 1.807) is 6.08 Å². The molecule has 0 unspecified atom stereocenters. The van der Waals surface area contributed by atoms with Gasteiger partial charge in [-0.25, -0.2) is 4.98 Å². The Balaban J connectivity index is 2.18. The second-order valence-corrected chi connectivity index (χ2v) is 5.21. The first kappa shape index (κ1) is 15.8. The summed E-state index contributed by atoms with van der Waals surface area (Å²) in [5.41, 5.74) is 1.79. The minimum Gasteiger partial charge on any atom is -0.439 e. The lowest BCUT2D eigenvalue weighted by molar-refractivity contribution is 0.192. The lowest BCUT2D eigenvalue weighted by atomic mass is 10.1. The van der Waals surface area contributed by atoms with E-state index in [9.17, 15) is 0 Å². The molecule has 2 aromatic rings. The van der Waals surface area contributed by atoms with Crippen molar-refractivity contribution in [2.45, 2.75) is 13.5 Å². The normalized spacial score (nSPS) is 11.0. The van der Waals surface area contributed by atoms with Crippen LogP contribution in [0.1, 0.15) is 11.6 Å². The second kappa shape index (κ2) is 7.41. The maximum Gasteiger partial charge on any atom is 0.209 e. The molecule has 5 heteroatoms. The van der Waals surface area contributed by atoms with Gasteiger partial charge in [0.2, 0.25) is 5.89 Å². The average Bonchev–Trinajstić information content (AvgIpc) is 2.81. The standard InChI is InChI=1S/C16H19ClN2O2/c1-3-8-19(9-10-20)11-15-18-12(2)16(21-15)13-4-6-14(17)7-5-13/h3-7,20H,1,8-11H2,2H3. The quantitative estimate of drug-likeness (QED) is 0.798. The summed E-state index contributed by atoms with van der Waals surface area (Å²) in [6.07, 6.45) is 1.80. The third kappa shape index (κ3) is 4.17. The van der Waals surface area contributed by atoms with E-state index in [4.69, 9.17) is 21.1 Å². The number of aliphatic hydroxyl groups excluding tert-OH is 1. The van der Waals surface area contributed by atoms with Crippen LogP contribution in [0.5, 0.6) is 0 Å². The lowest BCUT2D eigenvalue weighted by Gasteiger charge is -2.16. The molecule has 1 N–H and O–H groups in total. The van der Waals surface area contributed by atoms with E-state index in [0.29, 0.717) is 30.5 Å². The van der Waals surface area contributed by atoms with Gasteiger partial charge in [-0.2, -0.15) is 0 Å². The zero-order valence-corrected chi connectivity index (χ0v) is 12.8. The third-order valence-corrected chi connectivity index (χ3v) is 3.36. The molecule has 0 aliphatic heterocycles. The predicted octanol–water partition coefficient (Wildman–Crippen LogP) is 3.28. The van der Waals surface area contributed by atoms with E-state index in [0.717, 1.165) is 17.0 Å². The topological polar surface area (TPSA) is 49.5 Å². The molecule has 0 saturated heterocycles. The van der Waals surface area contributed by atoms with Gasteiger partial charge >= 0.3 is 0 Å². The maximum atomic E-state index is 9.07. The number of benzene rings is 1. The summed E-state index contributed by atoms with van der Waals surface area (Å²) in [6.45, 7) is 7.51. The van der Waals surface area contributed by atoms with Gasteiger partial charge in [-0.15, -0.1) is 6.58 Å². The second-order valence-electron chi connectivity index (χ2n) is 4.78. The SMILES string of the molecule is C=CCN(CCO)Cc1nc(C)c(-c2ccc(Cl)cc2)o1.